The summed E-state index contributed by atoms with van der Waals surface area (Å²) < 4.78 is 0. The van der Waals surface area contributed by atoms with Crippen LogP contribution in [0, 0.1) is 11.3 Å². The predicted molar refractivity (Wildman–Crippen MR) is 87.6 cm³/mol. The smallest absolute Gasteiger partial charge is 0.0998 e. The molecular formula is C18H21N3. The van der Waals surface area contributed by atoms with Crippen molar-refractivity contribution < 1.29 is 0 Å². The van der Waals surface area contributed by atoms with Gasteiger partial charge in [0.15, 0.2) is 0 Å². The van der Waals surface area contributed by atoms with Crippen molar-refractivity contribution in [2.24, 2.45) is 0 Å². The molecule has 1 aliphatic heterocycles. The van der Waals surface area contributed by atoms with Crippen LogP contribution in [0.1, 0.15) is 24.8 Å². The summed E-state index contributed by atoms with van der Waals surface area (Å²) in [4.78, 5) is 2.40. The van der Waals surface area contributed by atoms with Gasteiger partial charge in [0.05, 0.1) is 11.6 Å². The summed E-state index contributed by atoms with van der Waals surface area (Å²) in [6, 6.07) is 15.1. The van der Waals surface area contributed by atoms with Gasteiger partial charge in [-0.25, -0.2) is 0 Å². The van der Waals surface area contributed by atoms with Crippen LogP contribution in [-0.2, 0) is 0 Å². The highest BCUT2D eigenvalue weighted by Gasteiger charge is 2.19. The van der Waals surface area contributed by atoms with Crippen molar-refractivity contribution in [1.82, 2.24) is 5.32 Å². The molecule has 2 aromatic rings. The minimum absolute atomic E-state index is 0.566. The molecule has 0 bridgehead atoms. The molecule has 0 amide bonds. The molecule has 2 aromatic carbocycles. The van der Waals surface area contributed by atoms with E-state index in [1.807, 2.05) is 18.2 Å². The lowest BCUT2D eigenvalue weighted by Gasteiger charge is -2.30. The second-order valence-electron chi connectivity index (χ2n) is 5.74. The van der Waals surface area contributed by atoms with Crippen molar-refractivity contribution in [3.63, 3.8) is 0 Å². The third-order valence-corrected chi connectivity index (χ3v) is 4.49. The maximum absolute atomic E-state index is 9.28. The molecule has 1 aliphatic rings. The molecule has 0 radical (unpaired) electrons. The molecule has 21 heavy (non-hydrogen) atoms. The first-order chi connectivity index (χ1) is 10.3. The number of rotatable bonds is 2. The zero-order chi connectivity index (χ0) is 14.7. The van der Waals surface area contributed by atoms with Crippen molar-refractivity contribution in [3.8, 4) is 6.07 Å². The monoisotopic (exact) mass is 279 g/mol. The third-order valence-electron chi connectivity index (χ3n) is 4.49. The van der Waals surface area contributed by atoms with Crippen LogP contribution in [0.15, 0.2) is 36.4 Å². The molecule has 1 atom stereocenters. The minimum atomic E-state index is 0.566. The van der Waals surface area contributed by atoms with Gasteiger partial charge < -0.3 is 10.2 Å². The Kier molecular flexibility index (Phi) is 4.08. The Hall–Kier alpha value is -2.05. The maximum Gasteiger partial charge on any atom is 0.0998 e. The van der Waals surface area contributed by atoms with Gasteiger partial charge in [-0.1, -0.05) is 24.3 Å². The van der Waals surface area contributed by atoms with E-state index < -0.39 is 0 Å². The van der Waals surface area contributed by atoms with Crippen molar-refractivity contribution in [2.45, 2.75) is 25.3 Å². The van der Waals surface area contributed by atoms with Gasteiger partial charge in [-0.05, 0) is 44.5 Å². The molecule has 1 saturated heterocycles. The summed E-state index contributed by atoms with van der Waals surface area (Å²) in [7, 11) is 2.18. The first kappa shape index (κ1) is 13.9. The van der Waals surface area contributed by atoms with Crippen molar-refractivity contribution in [2.75, 3.05) is 25.0 Å². The van der Waals surface area contributed by atoms with Crippen LogP contribution in [0.25, 0.3) is 10.8 Å². The summed E-state index contributed by atoms with van der Waals surface area (Å²) in [6.45, 7) is 2.21. The number of hydrogen-bond donors (Lipinski definition) is 1. The number of nitrogens with zero attached hydrogens (tertiary/aromatic N) is 2. The van der Waals surface area contributed by atoms with Gasteiger partial charge in [0.2, 0.25) is 0 Å². The summed E-state index contributed by atoms with van der Waals surface area (Å²) >= 11 is 0. The zero-order valence-corrected chi connectivity index (χ0v) is 12.5. The minimum Gasteiger partial charge on any atom is -0.371 e. The number of fused-ring (bicyclic) bond motifs is 1. The van der Waals surface area contributed by atoms with E-state index in [0.29, 0.717) is 6.04 Å². The van der Waals surface area contributed by atoms with Crippen molar-refractivity contribution in [3.05, 3.63) is 42.0 Å². The van der Waals surface area contributed by atoms with Gasteiger partial charge in [-0.3, -0.25) is 0 Å². The van der Waals surface area contributed by atoms with Crippen LogP contribution in [0.3, 0.4) is 0 Å². The number of hydrogen-bond acceptors (Lipinski definition) is 3. The standard InChI is InChI=1S/C18H21N3/c1-21(15-5-4-11-20-12-10-15)18-9-8-14(13-19)16-6-2-3-7-17(16)18/h2-3,6-9,15,20H,4-5,10-12H2,1H3. The Morgan fingerprint density at radius 2 is 1.90 bits per heavy atom. The molecule has 108 valence electrons. The van der Waals surface area contributed by atoms with E-state index in [2.05, 4.69) is 41.5 Å². The molecule has 1 heterocycles. The molecule has 0 aliphatic carbocycles. The van der Waals surface area contributed by atoms with Gasteiger partial charge in [0.25, 0.3) is 0 Å². The molecule has 1 fully saturated rings. The number of nitrogens with one attached hydrogen (secondary N) is 1. The largest absolute Gasteiger partial charge is 0.371 e. The zero-order valence-electron chi connectivity index (χ0n) is 12.5. The molecule has 0 aromatic heterocycles. The maximum atomic E-state index is 9.28. The van der Waals surface area contributed by atoms with E-state index in [4.69, 9.17) is 0 Å². The quantitative estimate of drug-likeness (QED) is 0.917. The van der Waals surface area contributed by atoms with Crippen LogP contribution in [-0.4, -0.2) is 26.2 Å². The number of benzene rings is 2. The lowest BCUT2D eigenvalue weighted by atomic mass is 10.0. The lowest BCUT2D eigenvalue weighted by molar-refractivity contribution is 0.568. The lowest BCUT2D eigenvalue weighted by Crippen LogP contribution is -2.32. The van der Waals surface area contributed by atoms with Crippen LogP contribution >= 0.6 is 0 Å². The predicted octanol–water partition coefficient (Wildman–Crippen LogP) is 3.29. The van der Waals surface area contributed by atoms with Gasteiger partial charge >= 0.3 is 0 Å². The molecule has 0 saturated carbocycles. The van der Waals surface area contributed by atoms with Crippen LogP contribution in [0.5, 0.6) is 0 Å². The molecule has 3 rings (SSSR count). The topological polar surface area (TPSA) is 39.1 Å². The van der Waals surface area contributed by atoms with Gasteiger partial charge in [-0.2, -0.15) is 5.26 Å². The third kappa shape index (κ3) is 2.72. The Morgan fingerprint density at radius 1 is 1.10 bits per heavy atom. The molecule has 3 nitrogen and oxygen atoms in total. The summed E-state index contributed by atoms with van der Waals surface area (Å²) in [6.07, 6.45) is 3.62. The van der Waals surface area contributed by atoms with Crippen LogP contribution in [0.4, 0.5) is 5.69 Å². The van der Waals surface area contributed by atoms with Gasteiger partial charge in [0.1, 0.15) is 0 Å². The van der Waals surface area contributed by atoms with E-state index in [-0.39, 0.29) is 0 Å². The van der Waals surface area contributed by atoms with Gasteiger partial charge in [0, 0.05) is 29.5 Å². The molecule has 3 heteroatoms. The second-order valence-corrected chi connectivity index (χ2v) is 5.74. The van der Waals surface area contributed by atoms with E-state index in [9.17, 15) is 5.26 Å². The normalized spacial score (nSPS) is 19.0. The van der Waals surface area contributed by atoms with E-state index in [0.717, 1.165) is 24.0 Å². The fourth-order valence-electron chi connectivity index (χ4n) is 3.27. The first-order valence-electron chi connectivity index (χ1n) is 7.66. The van der Waals surface area contributed by atoms with E-state index in [1.165, 1.54) is 30.3 Å². The summed E-state index contributed by atoms with van der Waals surface area (Å²) in [5.41, 5.74) is 1.99. The SMILES string of the molecule is CN(c1ccc(C#N)c2ccccc12)C1CCCNCC1. The Balaban J connectivity index is 2.02. The Labute approximate surface area is 126 Å². The Morgan fingerprint density at radius 3 is 2.71 bits per heavy atom. The first-order valence-corrected chi connectivity index (χ1v) is 7.66. The van der Waals surface area contributed by atoms with E-state index in [1.54, 1.807) is 0 Å². The molecule has 0 spiro atoms. The second kappa shape index (κ2) is 6.15. The summed E-state index contributed by atoms with van der Waals surface area (Å²) in [5, 5.41) is 15.0. The Bertz CT molecular complexity index is 664. The van der Waals surface area contributed by atoms with Crippen LogP contribution in [0.2, 0.25) is 0 Å². The molecule has 1 N–H and O–H groups in total. The highest BCUT2D eigenvalue weighted by atomic mass is 15.1. The fourth-order valence-corrected chi connectivity index (χ4v) is 3.27. The van der Waals surface area contributed by atoms with E-state index >= 15 is 0 Å². The fraction of sp³-hybridized carbons (Fsp3) is 0.389. The van der Waals surface area contributed by atoms with Crippen molar-refractivity contribution >= 4 is 16.5 Å². The molecular weight excluding hydrogens is 258 g/mol. The molecule has 1 unspecified atom stereocenters. The van der Waals surface area contributed by atoms with Crippen molar-refractivity contribution in [1.29, 1.82) is 5.26 Å². The highest BCUT2D eigenvalue weighted by molar-refractivity contribution is 5.97. The summed E-state index contributed by atoms with van der Waals surface area (Å²) in [5.74, 6) is 0. The van der Waals surface area contributed by atoms with Crippen LogP contribution < -0.4 is 10.2 Å². The number of nitriles is 1. The average molecular weight is 279 g/mol. The highest BCUT2D eigenvalue weighted by Crippen LogP contribution is 2.31. The number of anilines is 1. The van der Waals surface area contributed by atoms with Gasteiger partial charge in [-0.15, -0.1) is 0 Å². The average Bonchev–Trinajstić information content (AvgIpc) is 2.82.